The van der Waals surface area contributed by atoms with E-state index >= 15 is 0 Å². The van der Waals surface area contributed by atoms with E-state index in [2.05, 4.69) is 8.62 Å². The highest BCUT2D eigenvalue weighted by atomic mass is 31.3. The third-order valence-electron chi connectivity index (χ3n) is 4.66. The highest BCUT2D eigenvalue weighted by Gasteiger charge is 2.73. The summed E-state index contributed by atoms with van der Waals surface area (Å²) in [6.45, 7) is 3.17. The average molecular weight is 406 g/mol. The lowest BCUT2D eigenvalue weighted by Gasteiger charge is -2.33. The molecule has 2 fully saturated rings. The van der Waals surface area contributed by atoms with Crippen LogP contribution in [-0.4, -0.2) is 50.1 Å². The van der Waals surface area contributed by atoms with Crippen LogP contribution >= 0.6 is 23.2 Å². The molecule has 138 valence electrons. The highest BCUT2D eigenvalue weighted by Crippen LogP contribution is 2.71. The molecule has 15 heteroatoms. The molecule has 0 saturated heterocycles. The van der Waals surface area contributed by atoms with Crippen LogP contribution in [0.3, 0.4) is 0 Å². The summed E-state index contributed by atoms with van der Waals surface area (Å²) in [5.74, 6) is -1.33. The van der Waals surface area contributed by atoms with E-state index in [1.54, 1.807) is 6.92 Å². The zero-order valence-electron chi connectivity index (χ0n) is 12.8. The van der Waals surface area contributed by atoms with Crippen LogP contribution in [0.15, 0.2) is 0 Å². The van der Waals surface area contributed by atoms with E-state index in [1.165, 1.54) is 6.92 Å². The Labute approximate surface area is 139 Å². The molecule has 2 unspecified atom stereocenters. The summed E-state index contributed by atoms with van der Waals surface area (Å²) in [6.07, 6.45) is -0.604. The van der Waals surface area contributed by atoms with Crippen LogP contribution in [0.25, 0.3) is 0 Å². The second-order valence-electron chi connectivity index (χ2n) is 6.27. The molecule has 2 aliphatic carbocycles. The van der Waals surface area contributed by atoms with Crippen molar-refractivity contribution in [1.29, 1.82) is 0 Å². The average Bonchev–Trinajstić information content (AvgIpc) is 3.02. The van der Waals surface area contributed by atoms with Crippen molar-refractivity contribution in [3.8, 4) is 0 Å². The molecule has 7 atom stereocenters. The molecule has 2 aliphatic rings. The molecule has 5 N–H and O–H groups in total. The molecule has 2 rings (SSSR count). The number of fused-ring (bicyclic) bond motifs is 1. The predicted molar refractivity (Wildman–Crippen MR) is 79.9 cm³/mol. The van der Waals surface area contributed by atoms with Crippen molar-refractivity contribution in [2.75, 3.05) is 6.35 Å². The Hall–Kier alpha value is 0.435. The first kappa shape index (κ1) is 20.7. The molecule has 0 aromatic carbocycles. The summed E-state index contributed by atoms with van der Waals surface area (Å²) < 4.78 is 46.4. The Balaban J connectivity index is 2.01. The second kappa shape index (κ2) is 5.97. The van der Waals surface area contributed by atoms with Gasteiger partial charge in [-0.15, -0.1) is 0 Å². The van der Waals surface area contributed by atoms with Gasteiger partial charge in [0.1, 0.15) is 6.35 Å². The largest absolute Gasteiger partial charge is 0.488 e. The highest BCUT2D eigenvalue weighted by molar-refractivity contribution is 7.68. The van der Waals surface area contributed by atoms with Crippen molar-refractivity contribution >= 4 is 31.1 Å². The third-order valence-corrected chi connectivity index (χ3v) is 8.64. The van der Waals surface area contributed by atoms with Gasteiger partial charge in [0.25, 0.3) is 0 Å². The molecular weight excluding hydrogens is 388 g/mol. The monoisotopic (exact) mass is 406 g/mol. The zero-order valence-corrected chi connectivity index (χ0v) is 15.4. The predicted octanol–water partition coefficient (Wildman–Crippen LogP) is 0.489. The van der Waals surface area contributed by atoms with E-state index in [0.29, 0.717) is 6.42 Å². The molecule has 2 radical (unpaired) electrons. The van der Waals surface area contributed by atoms with E-state index in [0.717, 1.165) is 0 Å². The van der Waals surface area contributed by atoms with Crippen LogP contribution in [0.1, 0.15) is 20.3 Å². The van der Waals surface area contributed by atoms with E-state index in [1.807, 2.05) is 0 Å². The van der Waals surface area contributed by atoms with Crippen molar-refractivity contribution in [1.82, 2.24) is 0 Å². The number of aliphatic hydroxyl groups is 1. The summed E-state index contributed by atoms with van der Waals surface area (Å²) >= 11 is 0. The molecule has 2 saturated carbocycles. The molecule has 0 bridgehead atoms. The summed E-state index contributed by atoms with van der Waals surface area (Å²) in [5.41, 5.74) is -2.22. The van der Waals surface area contributed by atoms with Gasteiger partial charge in [0.15, 0.2) is 0 Å². The number of hydrogen-bond donors (Lipinski definition) is 5. The van der Waals surface area contributed by atoms with Crippen LogP contribution in [0.4, 0.5) is 0 Å². The first-order valence-electron chi connectivity index (χ1n) is 6.77. The fourth-order valence-electron chi connectivity index (χ4n) is 3.23. The Morgan fingerprint density at radius 2 is 1.71 bits per heavy atom. The molecule has 0 heterocycles. The van der Waals surface area contributed by atoms with Crippen molar-refractivity contribution < 1.29 is 51.7 Å². The molecule has 0 aromatic rings. The molecule has 24 heavy (non-hydrogen) atoms. The molecule has 0 spiro atoms. The Morgan fingerprint density at radius 3 is 2.12 bits per heavy atom. The van der Waals surface area contributed by atoms with Crippen molar-refractivity contribution in [2.24, 2.45) is 11.8 Å². The number of rotatable bonds is 7. The first-order chi connectivity index (χ1) is 10.5. The Bertz CT molecular complexity index is 661. The quantitative estimate of drug-likeness (QED) is 0.293. The second-order valence-corrected chi connectivity index (χ2v) is 11.0. The molecular formula is C9H18BO11P3. The number of phosphoric acid groups is 2. The lowest BCUT2D eigenvalue weighted by molar-refractivity contribution is -0.0551. The summed E-state index contributed by atoms with van der Waals surface area (Å²) in [7, 11) is -9.89. The van der Waals surface area contributed by atoms with Gasteiger partial charge in [0.2, 0.25) is 0 Å². The number of hydrogen-bond acceptors (Lipinski definition) is 7. The number of ether oxygens (including phenoxy) is 1. The maximum atomic E-state index is 11.8. The maximum absolute atomic E-state index is 11.8. The molecule has 11 nitrogen and oxygen atoms in total. The standard InChI is InChI=1S/C9H18BO11P3/c1-5-8(2,11)7(10)6-3-9(5,6)19-4-22(12,13)20-24(17,18)21-23(14,15)16/h5-7,11H,3-4H2,1-2H3,(H,12,13)(H,17,18)(H2,14,15,16)/t5-,6+,7+,8+,9+/m0/s1. The normalized spacial score (nSPS) is 43.7. The zero-order chi connectivity index (χ0) is 18.8. The maximum Gasteiger partial charge on any atom is 0.488 e. The first-order valence-corrected chi connectivity index (χ1v) is 11.6. The fraction of sp³-hybridized carbons (Fsp3) is 1.00. The Kier molecular flexibility index (Phi) is 5.16. The van der Waals surface area contributed by atoms with Gasteiger partial charge >= 0.3 is 23.2 Å². The van der Waals surface area contributed by atoms with Crippen LogP contribution in [0, 0.1) is 11.8 Å². The minimum atomic E-state index is -5.49. The third kappa shape index (κ3) is 4.05. The summed E-state index contributed by atoms with van der Waals surface area (Å²) in [6, 6.07) is 0. The fourth-order valence-corrected chi connectivity index (χ4v) is 6.58. The van der Waals surface area contributed by atoms with E-state index in [9.17, 15) is 23.7 Å². The molecule has 0 amide bonds. The SMILES string of the molecule is [B][C@@H]1[C@H]2C[C@@]2(OCP(=O)(O)OP(=O)(O)OP(=O)(O)O)[C@@H](C)[C@@]1(C)O. The van der Waals surface area contributed by atoms with Gasteiger partial charge in [0.05, 0.1) is 19.0 Å². The smallest absolute Gasteiger partial charge is 0.390 e. The van der Waals surface area contributed by atoms with Gasteiger partial charge < -0.3 is 29.4 Å². The molecule has 0 aromatic heterocycles. The van der Waals surface area contributed by atoms with Crippen LogP contribution in [-0.2, 0) is 27.1 Å². The lowest BCUT2D eigenvalue weighted by atomic mass is 9.70. The van der Waals surface area contributed by atoms with E-state index < -0.39 is 52.5 Å². The lowest BCUT2D eigenvalue weighted by Crippen LogP contribution is -2.39. The summed E-state index contributed by atoms with van der Waals surface area (Å²) in [5, 5.41) is 10.3. The van der Waals surface area contributed by atoms with Crippen molar-refractivity contribution in [3.63, 3.8) is 0 Å². The topological polar surface area (TPSA) is 180 Å². The minimum Gasteiger partial charge on any atom is -0.390 e. The summed E-state index contributed by atoms with van der Waals surface area (Å²) in [4.78, 5) is 35.6. The van der Waals surface area contributed by atoms with Gasteiger partial charge in [0, 0.05) is 5.92 Å². The molecule has 0 aliphatic heterocycles. The Morgan fingerprint density at radius 1 is 1.17 bits per heavy atom. The van der Waals surface area contributed by atoms with Crippen LogP contribution < -0.4 is 0 Å². The van der Waals surface area contributed by atoms with Gasteiger partial charge in [-0.1, -0.05) is 6.92 Å². The van der Waals surface area contributed by atoms with Crippen LogP contribution in [0.2, 0.25) is 5.82 Å². The van der Waals surface area contributed by atoms with Crippen molar-refractivity contribution in [2.45, 2.75) is 37.3 Å². The van der Waals surface area contributed by atoms with Gasteiger partial charge in [-0.05, 0) is 25.1 Å². The van der Waals surface area contributed by atoms with Gasteiger partial charge in [-0.3, -0.25) is 4.57 Å². The van der Waals surface area contributed by atoms with Crippen molar-refractivity contribution in [3.05, 3.63) is 0 Å². The van der Waals surface area contributed by atoms with E-state index in [4.69, 9.17) is 27.3 Å². The minimum absolute atomic E-state index is 0.255. The van der Waals surface area contributed by atoms with Gasteiger partial charge in [-0.25, -0.2) is 13.4 Å². The van der Waals surface area contributed by atoms with Gasteiger partial charge in [-0.2, -0.15) is 4.31 Å². The van der Waals surface area contributed by atoms with E-state index in [-0.39, 0.29) is 5.92 Å². The van der Waals surface area contributed by atoms with Crippen LogP contribution in [0.5, 0.6) is 0 Å².